The first-order valence-electron chi connectivity index (χ1n) is 6.63. The zero-order valence-corrected chi connectivity index (χ0v) is 11.6. The lowest BCUT2D eigenvalue weighted by molar-refractivity contribution is -0.122. The molecule has 0 amide bonds. The molecule has 1 N–H and O–H groups in total. The van der Waals surface area contributed by atoms with E-state index in [-0.39, 0.29) is 35.1 Å². The Labute approximate surface area is 108 Å². The van der Waals surface area contributed by atoms with Crippen LogP contribution in [0, 0.1) is 16.7 Å². The summed E-state index contributed by atoms with van der Waals surface area (Å²) in [5.74, 6) is 0.194. The molecule has 2 aliphatic carbocycles. The summed E-state index contributed by atoms with van der Waals surface area (Å²) in [6.07, 6.45) is 1.78. The lowest BCUT2D eigenvalue weighted by Crippen LogP contribution is -2.44. The average molecular weight is 250 g/mol. The molecule has 2 aliphatic rings. The SMILES string of the molecule is CC1=C(CC=O)C(=O)C[C@@]2(C)[C@H](C)[C@@H](O)C[C@@]12C. The maximum Gasteiger partial charge on any atom is 0.159 e. The van der Waals surface area contributed by atoms with E-state index < -0.39 is 0 Å². The van der Waals surface area contributed by atoms with E-state index in [4.69, 9.17) is 0 Å². The molecule has 0 radical (unpaired) electrons. The van der Waals surface area contributed by atoms with Gasteiger partial charge in [0.05, 0.1) is 6.10 Å². The largest absolute Gasteiger partial charge is 0.393 e. The van der Waals surface area contributed by atoms with Crippen LogP contribution in [0.4, 0.5) is 0 Å². The highest BCUT2D eigenvalue weighted by Crippen LogP contribution is 2.64. The van der Waals surface area contributed by atoms with Crippen LogP contribution in [0.5, 0.6) is 0 Å². The smallest absolute Gasteiger partial charge is 0.159 e. The van der Waals surface area contributed by atoms with E-state index in [9.17, 15) is 14.7 Å². The number of hydrogen-bond donors (Lipinski definition) is 1. The minimum atomic E-state index is -0.363. The molecule has 100 valence electrons. The Morgan fingerprint density at radius 3 is 2.61 bits per heavy atom. The van der Waals surface area contributed by atoms with Gasteiger partial charge in [-0.2, -0.15) is 0 Å². The third-order valence-corrected chi connectivity index (χ3v) is 5.89. The van der Waals surface area contributed by atoms with Crippen molar-refractivity contribution in [1.82, 2.24) is 0 Å². The second-order valence-corrected chi connectivity index (χ2v) is 6.38. The van der Waals surface area contributed by atoms with Crippen LogP contribution >= 0.6 is 0 Å². The van der Waals surface area contributed by atoms with E-state index in [0.29, 0.717) is 18.4 Å². The van der Waals surface area contributed by atoms with Crippen LogP contribution in [0.15, 0.2) is 11.1 Å². The molecule has 0 bridgehead atoms. The van der Waals surface area contributed by atoms with Crippen molar-refractivity contribution in [3.05, 3.63) is 11.1 Å². The quantitative estimate of drug-likeness (QED) is 0.765. The van der Waals surface area contributed by atoms with Crippen molar-refractivity contribution in [2.24, 2.45) is 16.7 Å². The van der Waals surface area contributed by atoms with Crippen LogP contribution in [0.25, 0.3) is 0 Å². The van der Waals surface area contributed by atoms with Gasteiger partial charge in [-0.1, -0.05) is 26.3 Å². The van der Waals surface area contributed by atoms with Crippen LogP contribution in [-0.4, -0.2) is 23.3 Å². The zero-order valence-electron chi connectivity index (χ0n) is 11.6. The van der Waals surface area contributed by atoms with Crippen molar-refractivity contribution in [3.8, 4) is 0 Å². The number of aliphatic hydroxyl groups is 1. The van der Waals surface area contributed by atoms with Gasteiger partial charge in [-0.3, -0.25) is 4.79 Å². The van der Waals surface area contributed by atoms with Gasteiger partial charge in [-0.25, -0.2) is 0 Å². The highest BCUT2D eigenvalue weighted by molar-refractivity contribution is 6.00. The van der Waals surface area contributed by atoms with Crippen LogP contribution < -0.4 is 0 Å². The number of fused-ring (bicyclic) bond motifs is 1. The predicted molar refractivity (Wildman–Crippen MR) is 69.0 cm³/mol. The fraction of sp³-hybridized carbons (Fsp3) is 0.733. The molecule has 0 aliphatic heterocycles. The molecule has 1 saturated carbocycles. The number of aldehydes is 1. The second-order valence-electron chi connectivity index (χ2n) is 6.38. The van der Waals surface area contributed by atoms with Crippen molar-refractivity contribution in [1.29, 1.82) is 0 Å². The van der Waals surface area contributed by atoms with Crippen molar-refractivity contribution < 1.29 is 14.7 Å². The van der Waals surface area contributed by atoms with Gasteiger partial charge in [0.2, 0.25) is 0 Å². The molecule has 0 unspecified atom stereocenters. The van der Waals surface area contributed by atoms with E-state index in [1.165, 1.54) is 0 Å². The molecular weight excluding hydrogens is 228 g/mol. The topological polar surface area (TPSA) is 54.4 Å². The van der Waals surface area contributed by atoms with Crippen LogP contribution in [0.3, 0.4) is 0 Å². The highest BCUT2D eigenvalue weighted by Gasteiger charge is 2.60. The summed E-state index contributed by atoms with van der Waals surface area (Å²) in [7, 11) is 0. The summed E-state index contributed by atoms with van der Waals surface area (Å²) in [5.41, 5.74) is 1.32. The summed E-state index contributed by atoms with van der Waals surface area (Å²) in [6, 6.07) is 0. The van der Waals surface area contributed by atoms with Crippen LogP contribution in [0.1, 0.15) is 47.0 Å². The van der Waals surface area contributed by atoms with Crippen LogP contribution in [-0.2, 0) is 9.59 Å². The third-order valence-electron chi connectivity index (χ3n) is 5.89. The lowest BCUT2D eigenvalue weighted by atomic mass is 9.55. The second kappa shape index (κ2) is 4.02. The molecule has 4 atom stereocenters. The van der Waals surface area contributed by atoms with Gasteiger partial charge in [-0.15, -0.1) is 0 Å². The Morgan fingerprint density at radius 1 is 1.44 bits per heavy atom. The van der Waals surface area contributed by atoms with Gasteiger partial charge in [-0.05, 0) is 30.1 Å². The van der Waals surface area contributed by atoms with Gasteiger partial charge < -0.3 is 9.90 Å². The van der Waals surface area contributed by atoms with E-state index in [1.54, 1.807) is 0 Å². The molecule has 0 aromatic rings. The Morgan fingerprint density at radius 2 is 2.06 bits per heavy atom. The maximum absolute atomic E-state index is 12.2. The summed E-state index contributed by atoms with van der Waals surface area (Å²) in [4.78, 5) is 23.0. The minimum Gasteiger partial charge on any atom is -0.393 e. The fourth-order valence-corrected chi connectivity index (χ4v) is 4.03. The van der Waals surface area contributed by atoms with Crippen molar-refractivity contribution >= 4 is 12.1 Å². The number of ketones is 1. The lowest BCUT2D eigenvalue weighted by Gasteiger charge is -2.48. The highest BCUT2D eigenvalue weighted by atomic mass is 16.3. The van der Waals surface area contributed by atoms with Gasteiger partial charge in [0.1, 0.15) is 6.29 Å². The van der Waals surface area contributed by atoms with Crippen molar-refractivity contribution in [2.75, 3.05) is 0 Å². The summed E-state index contributed by atoms with van der Waals surface area (Å²) in [5, 5.41) is 10.2. The Balaban J connectivity index is 2.57. The molecule has 3 heteroatoms. The first-order chi connectivity index (χ1) is 8.28. The molecule has 1 fully saturated rings. The number of carbonyl (C=O) groups excluding carboxylic acids is 2. The monoisotopic (exact) mass is 250 g/mol. The molecular formula is C15H22O3. The summed E-state index contributed by atoms with van der Waals surface area (Å²) in [6.45, 7) is 8.22. The Kier molecular flexibility index (Phi) is 3.01. The van der Waals surface area contributed by atoms with E-state index >= 15 is 0 Å². The molecule has 0 saturated heterocycles. The Bertz CT molecular complexity index is 437. The molecule has 0 aromatic heterocycles. The molecule has 3 nitrogen and oxygen atoms in total. The normalized spacial score (nSPS) is 44.2. The first-order valence-corrected chi connectivity index (χ1v) is 6.63. The van der Waals surface area contributed by atoms with Crippen molar-refractivity contribution in [2.45, 2.75) is 53.1 Å². The van der Waals surface area contributed by atoms with E-state index in [0.717, 1.165) is 11.9 Å². The van der Waals surface area contributed by atoms with Crippen molar-refractivity contribution in [3.63, 3.8) is 0 Å². The number of Topliss-reactive ketones (excluding diaryl/α,β-unsaturated/α-hetero) is 1. The number of hydrogen-bond acceptors (Lipinski definition) is 3. The predicted octanol–water partition coefficient (Wildman–Crippen LogP) is 2.28. The standard InChI is InChI=1S/C15H22O3/c1-9-11(5-6-16)13(18)8-15(4)10(2)12(17)7-14(9,15)3/h6,10,12,17H,5,7-8H2,1-4H3/t10-,12+,14+,15+/m1/s1. The van der Waals surface area contributed by atoms with Gasteiger partial charge in [0, 0.05) is 18.4 Å². The van der Waals surface area contributed by atoms with E-state index in [1.807, 2.05) is 13.8 Å². The zero-order chi connectivity index (χ0) is 13.7. The molecule has 0 aromatic carbocycles. The maximum atomic E-state index is 12.2. The molecule has 0 spiro atoms. The number of carbonyl (C=O) groups is 2. The molecule has 0 heterocycles. The van der Waals surface area contributed by atoms with Gasteiger partial charge in [0.15, 0.2) is 5.78 Å². The minimum absolute atomic E-state index is 0.0838. The number of aliphatic hydroxyl groups excluding tert-OH is 1. The summed E-state index contributed by atoms with van der Waals surface area (Å²) < 4.78 is 0. The van der Waals surface area contributed by atoms with Gasteiger partial charge >= 0.3 is 0 Å². The van der Waals surface area contributed by atoms with E-state index in [2.05, 4.69) is 13.8 Å². The summed E-state index contributed by atoms with van der Waals surface area (Å²) >= 11 is 0. The molecule has 18 heavy (non-hydrogen) atoms. The van der Waals surface area contributed by atoms with Gasteiger partial charge in [0.25, 0.3) is 0 Å². The number of rotatable bonds is 2. The van der Waals surface area contributed by atoms with Crippen LogP contribution in [0.2, 0.25) is 0 Å². The first kappa shape index (κ1) is 13.5. The average Bonchev–Trinajstić information content (AvgIpc) is 2.47. The third kappa shape index (κ3) is 1.46. The fourth-order valence-electron chi connectivity index (χ4n) is 4.03. The molecule has 2 rings (SSSR count). The Hall–Kier alpha value is -0.960. The number of allylic oxidation sites excluding steroid dienone is 2.